The van der Waals surface area contributed by atoms with E-state index in [1.807, 2.05) is 11.8 Å². The number of rotatable bonds is 1. The summed E-state index contributed by atoms with van der Waals surface area (Å²) in [6, 6.07) is 2.40. The molecular formula is C8H9NOS. The van der Waals surface area contributed by atoms with E-state index in [1.54, 1.807) is 0 Å². The van der Waals surface area contributed by atoms with Gasteiger partial charge < -0.3 is 0 Å². The third-order valence-corrected chi connectivity index (χ3v) is 2.83. The topological polar surface area (TPSA) is 29.4 Å². The molecule has 1 aliphatic heterocycles. The fraction of sp³-hybridized carbons (Fsp3) is 0.625. The molecule has 1 atom stereocenters. The Hall–Kier alpha value is -0.710. The Morgan fingerprint density at radius 1 is 1.64 bits per heavy atom. The molecule has 0 radical (unpaired) electrons. The van der Waals surface area contributed by atoms with Crippen LogP contribution in [0.2, 0.25) is 0 Å². The molecule has 1 saturated heterocycles. The first-order valence-electron chi connectivity index (χ1n) is 3.56. The lowest BCUT2D eigenvalue weighted by Gasteiger charge is -1.98. The van der Waals surface area contributed by atoms with Crippen LogP contribution in [0.4, 0.5) is 0 Å². The fourth-order valence-corrected chi connectivity index (χ4v) is 2.28. The first-order chi connectivity index (χ1) is 5.43. The van der Waals surface area contributed by atoms with Crippen LogP contribution in [-0.4, -0.2) is 17.6 Å². The van der Waals surface area contributed by atoms with Gasteiger partial charge in [0.25, 0.3) is 0 Å². The molecule has 0 spiro atoms. The summed E-state index contributed by atoms with van der Waals surface area (Å²) in [6.45, 7) is 0. The van der Waals surface area contributed by atoms with E-state index in [2.05, 4.69) is 17.0 Å². The Balaban J connectivity index is 2.21. The zero-order valence-electron chi connectivity index (χ0n) is 6.17. The number of aliphatic imine (C=N–C) groups is 1. The van der Waals surface area contributed by atoms with Gasteiger partial charge in [0.05, 0.1) is 0 Å². The van der Waals surface area contributed by atoms with Gasteiger partial charge in [-0.15, -0.1) is 4.99 Å². The molecule has 1 aliphatic rings. The van der Waals surface area contributed by atoms with Crippen LogP contribution < -0.4 is 0 Å². The van der Waals surface area contributed by atoms with Crippen LogP contribution in [0.15, 0.2) is 4.99 Å². The van der Waals surface area contributed by atoms with Crippen LogP contribution in [-0.2, 0) is 4.79 Å². The highest BCUT2D eigenvalue weighted by Gasteiger charge is 2.13. The standard InChI is InChI=1S/C8H9NOS/c10-7-9-4-1-2-8-3-5-11-6-8/h8H,2-3,5-6H2. The van der Waals surface area contributed by atoms with Gasteiger partial charge >= 0.3 is 0 Å². The van der Waals surface area contributed by atoms with E-state index < -0.39 is 0 Å². The smallest absolute Gasteiger partial charge is 0.210 e. The lowest BCUT2D eigenvalue weighted by molar-refractivity contribution is 0.565. The molecule has 1 rings (SSSR count). The second-order valence-electron chi connectivity index (χ2n) is 2.43. The summed E-state index contributed by atoms with van der Waals surface area (Å²) in [7, 11) is 0. The maximum atomic E-state index is 9.60. The zero-order valence-corrected chi connectivity index (χ0v) is 6.99. The van der Waals surface area contributed by atoms with E-state index in [1.165, 1.54) is 24.0 Å². The van der Waals surface area contributed by atoms with E-state index in [9.17, 15) is 4.79 Å². The first kappa shape index (κ1) is 8.39. The molecule has 0 aromatic heterocycles. The lowest BCUT2D eigenvalue weighted by atomic mass is 10.1. The van der Waals surface area contributed by atoms with E-state index in [4.69, 9.17) is 0 Å². The molecule has 2 nitrogen and oxygen atoms in total. The van der Waals surface area contributed by atoms with Gasteiger partial charge in [-0.05, 0) is 23.8 Å². The van der Waals surface area contributed by atoms with Gasteiger partial charge in [0.15, 0.2) is 0 Å². The Morgan fingerprint density at radius 3 is 3.18 bits per heavy atom. The van der Waals surface area contributed by atoms with Gasteiger partial charge in [0, 0.05) is 12.5 Å². The molecular weight excluding hydrogens is 158 g/mol. The maximum Gasteiger partial charge on any atom is 0.249 e. The van der Waals surface area contributed by atoms with E-state index >= 15 is 0 Å². The fourth-order valence-electron chi connectivity index (χ4n) is 0.997. The second-order valence-corrected chi connectivity index (χ2v) is 3.58. The number of hydrogen-bond donors (Lipinski definition) is 0. The van der Waals surface area contributed by atoms with Crippen molar-refractivity contribution in [3.05, 3.63) is 0 Å². The van der Waals surface area contributed by atoms with Gasteiger partial charge in [-0.2, -0.15) is 11.8 Å². The molecule has 1 fully saturated rings. The molecule has 0 aromatic carbocycles. The number of nitrogens with zero attached hydrogens (tertiary/aromatic N) is 1. The van der Waals surface area contributed by atoms with E-state index in [0.29, 0.717) is 5.92 Å². The van der Waals surface area contributed by atoms with Gasteiger partial charge in [0.2, 0.25) is 6.08 Å². The maximum absolute atomic E-state index is 9.60. The lowest BCUT2D eigenvalue weighted by Crippen LogP contribution is -1.94. The summed E-state index contributed by atoms with van der Waals surface area (Å²) in [5, 5.41) is 0. The van der Waals surface area contributed by atoms with Crippen molar-refractivity contribution >= 4 is 17.8 Å². The van der Waals surface area contributed by atoms with Crippen LogP contribution in [0, 0.1) is 17.9 Å². The number of isocyanates is 1. The van der Waals surface area contributed by atoms with Crippen LogP contribution in [0.1, 0.15) is 12.8 Å². The van der Waals surface area contributed by atoms with Gasteiger partial charge in [-0.25, -0.2) is 4.79 Å². The third-order valence-electron chi connectivity index (χ3n) is 1.60. The quantitative estimate of drug-likeness (QED) is 0.336. The van der Waals surface area contributed by atoms with Crippen molar-refractivity contribution in [2.45, 2.75) is 12.8 Å². The molecule has 11 heavy (non-hydrogen) atoms. The molecule has 1 heterocycles. The summed E-state index contributed by atoms with van der Waals surface area (Å²) in [4.78, 5) is 12.8. The SMILES string of the molecule is O=C=NC#CCC1CCSC1. The minimum Gasteiger partial charge on any atom is -0.210 e. The van der Waals surface area contributed by atoms with Gasteiger partial charge in [0.1, 0.15) is 0 Å². The molecule has 0 aliphatic carbocycles. The van der Waals surface area contributed by atoms with E-state index in [0.717, 1.165) is 6.42 Å². The summed E-state index contributed by atoms with van der Waals surface area (Å²) in [5.41, 5.74) is 0. The predicted molar refractivity (Wildman–Crippen MR) is 45.9 cm³/mol. The van der Waals surface area contributed by atoms with Crippen LogP contribution in [0.3, 0.4) is 0 Å². The molecule has 0 saturated carbocycles. The zero-order chi connectivity index (χ0) is 7.94. The molecule has 0 bridgehead atoms. The highest BCUT2D eigenvalue weighted by Crippen LogP contribution is 2.25. The Morgan fingerprint density at radius 2 is 2.55 bits per heavy atom. The average Bonchev–Trinajstić information content (AvgIpc) is 2.50. The number of thioether (sulfide) groups is 1. The summed E-state index contributed by atoms with van der Waals surface area (Å²) in [6.07, 6.45) is 3.52. The molecule has 0 aromatic rings. The van der Waals surface area contributed by atoms with Crippen molar-refractivity contribution in [3.63, 3.8) is 0 Å². The van der Waals surface area contributed by atoms with Gasteiger partial charge in [-0.1, -0.05) is 5.92 Å². The minimum absolute atomic E-state index is 0.717. The Labute approximate surface area is 70.5 Å². The molecule has 3 heteroatoms. The number of hydrogen-bond acceptors (Lipinski definition) is 3. The highest BCUT2D eigenvalue weighted by molar-refractivity contribution is 7.99. The summed E-state index contributed by atoms with van der Waals surface area (Å²) in [5.74, 6) is 6.01. The van der Waals surface area contributed by atoms with Crippen LogP contribution >= 0.6 is 11.8 Å². The van der Waals surface area contributed by atoms with Crippen molar-refractivity contribution in [1.29, 1.82) is 0 Å². The van der Waals surface area contributed by atoms with Crippen LogP contribution in [0.5, 0.6) is 0 Å². The summed E-state index contributed by atoms with van der Waals surface area (Å²) < 4.78 is 0. The highest BCUT2D eigenvalue weighted by atomic mass is 32.2. The van der Waals surface area contributed by atoms with Crippen molar-refractivity contribution < 1.29 is 4.79 Å². The minimum atomic E-state index is 0.717. The molecule has 58 valence electrons. The second kappa shape index (κ2) is 5.01. The normalized spacial score (nSPS) is 21.6. The third kappa shape index (κ3) is 3.27. The van der Waals surface area contributed by atoms with E-state index in [-0.39, 0.29) is 0 Å². The Bertz CT molecular complexity index is 216. The van der Waals surface area contributed by atoms with Crippen molar-refractivity contribution in [2.75, 3.05) is 11.5 Å². The molecule has 0 N–H and O–H groups in total. The first-order valence-corrected chi connectivity index (χ1v) is 4.71. The Kier molecular flexibility index (Phi) is 3.82. The number of carbonyl (C=O) groups excluding carboxylic acids is 1. The molecule has 1 unspecified atom stereocenters. The average molecular weight is 167 g/mol. The van der Waals surface area contributed by atoms with Gasteiger partial charge in [-0.3, -0.25) is 0 Å². The summed E-state index contributed by atoms with van der Waals surface area (Å²) >= 11 is 1.97. The van der Waals surface area contributed by atoms with Crippen molar-refractivity contribution in [1.82, 2.24) is 0 Å². The van der Waals surface area contributed by atoms with Crippen molar-refractivity contribution in [3.8, 4) is 12.0 Å². The van der Waals surface area contributed by atoms with Crippen LogP contribution in [0.25, 0.3) is 0 Å². The largest absolute Gasteiger partial charge is 0.249 e. The van der Waals surface area contributed by atoms with Crippen molar-refractivity contribution in [2.24, 2.45) is 10.9 Å². The predicted octanol–water partition coefficient (Wildman–Crippen LogP) is 1.43. The monoisotopic (exact) mass is 167 g/mol. The molecule has 0 amide bonds.